The number of halogens is 1. The van der Waals surface area contributed by atoms with Crippen molar-refractivity contribution in [3.63, 3.8) is 0 Å². The molecule has 0 saturated carbocycles. The van der Waals surface area contributed by atoms with E-state index in [0.717, 1.165) is 44.9 Å². The third kappa shape index (κ3) is 5.70. The van der Waals surface area contributed by atoms with Gasteiger partial charge in [0, 0.05) is 26.1 Å². The van der Waals surface area contributed by atoms with Crippen molar-refractivity contribution in [1.82, 2.24) is 15.5 Å². The van der Waals surface area contributed by atoms with Crippen LogP contribution in [0, 0.1) is 5.92 Å². The van der Waals surface area contributed by atoms with E-state index >= 15 is 0 Å². The minimum atomic E-state index is 0. The van der Waals surface area contributed by atoms with E-state index in [0.29, 0.717) is 37.1 Å². The van der Waals surface area contributed by atoms with Crippen LogP contribution in [-0.4, -0.2) is 61.2 Å². The first kappa shape index (κ1) is 20.7. The summed E-state index contributed by atoms with van der Waals surface area (Å²) in [5.41, 5.74) is 0. The average molecular weight is 464 g/mol. The van der Waals surface area contributed by atoms with Crippen LogP contribution in [-0.2, 0) is 9.53 Å². The molecule has 0 aromatic carbocycles. The number of nitrogens with one attached hydrogen (secondary N) is 2. The van der Waals surface area contributed by atoms with Crippen LogP contribution in [0.5, 0.6) is 0 Å². The molecule has 3 heterocycles. The normalized spacial score (nSPS) is 31.6. The Kier molecular flexibility index (Phi) is 8.25. The standard InChI is InChI=1S/C18H32N4O2.HI/c1-3-19-18(21-15-11-14-6-7-16(15)24-14)20-9-8-17(23)22-10-4-5-13(2)12-22;/h13-16H,3-12H2,1-2H3,(H2,19,20,21);1H. The minimum absolute atomic E-state index is 0. The van der Waals surface area contributed by atoms with Gasteiger partial charge in [0.15, 0.2) is 5.96 Å². The lowest BCUT2D eigenvalue weighted by atomic mass is 9.96. The second-order valence-electron chi connectivity index (χ2n) is 7.46. The number of piperidine rings is 1. The smallest absolute Gasteiger partial charge is 0.224 e. The summed E-state index contributed by atoms with van der Waals surface area (Å²) in [7, 11) is 0. The maximum absolute atomic E-state index is 12.3. The summed E-state index contributed by atoms with van der Waals surface area (Å²) in [5.74, 6) is 1.69. The lowest BCUT2D eigenvalue weighted by Gasteiger charge is -2.30. The molecular formula is C18H33IN4O2. The minimum Gasteiger partial charge on any atom is -0.373 e. The average Bonchev–Trinajstić information content (AvgIpc) is 3.17. The van der Waals surface area contributed by atoms with Gasteiger partial charge in [-0.1, -0.05) is 6.92 Å². The lowest BCUT2D eigenvalue weighted by Crippen LogP contribution is -2.47. The summed E-state index contributed by atoms with van der Waals surface area (Å²) in [6.45, 7) is 7.47. The summed E-state index contributed by atoms with van der Waals surface area (Å²) in [6, 6.07) is 0.361. The fourth-order valence-corrected chi connectivity index (χ4v) is 4.12. The van der Waals surface area contributed by atoms with Crippen molar-refractivity contribution >= 4 is 35.8 Å². The van der Waals surface area contributed by atoms with Gasteiger partial charge in [0.1, 0.15) is 0 Å². The zero-order valence-electron chi connectivity index (χ0n) is 15.5. The van der Waals surface area contributed by atoms with Gasteiger partial charge in [0.2, 0.25) is 5.91 Å². The lowest BCUT2D eigenvalue weighted by molar-refractivity contribution is -0.132. The molecule has 0 spiro atoms. The molecule has 3 fully saturated rings. The fraction of sp³-hybridized carbons (Fsp3) is 0.889. The van der Waals surface area contributed by atoms with Crippen molar-refractivity contribution in [2.24, 2.45) is 10.9 Å². The molecular weight excluding hydrogens is 431 g/mol. The first-order chi connectivity index (χ1) is 11.7. The Labute approximate surface area is 168 Å². The molecule has 6 nitrogen and oxygen atoms in total. The van der Waals surface area contributed by atoms with Crippen LogP contribution in [0.3, 0.4) is 0 Å². The summed E-state index contributed by atoms with van der Waals surface area (Å²) in [4.78, 5) is 18.9. The van der Waals surface area contributed by atoms with E-state index < -0.39 is 0 Å². The van der Waals surface area contributed by atoms with Crippen LogP contribution in [0.1, 0.15) is 52.4 Å². The summed E-state index contributed by atoms with van der Waals surface area (Å²) in [5, 5.41) is 6.79. The molecule has 4 atom stereocenters. The van der Waals surface area contributed by atoms with E-state index in [1.807, 2.05) is 4.90 Å². The Balaban J connectivity index is 0.00000225. The van der Waals surface area contributed by atoms with Gasteiger partial charge in [-0.25, -0.2) is 0 Å². The first-order valence-corrected chi connectivity index (χ1v) is 9.63. The SMILES string of the molecule is CCNC(=NCCC(=O)N1CCCC(C)C1)NC1CC2CCC1O2.I. The van der Waals surface area contributed by atoms with Crippen molar-refractivity contribution in [1.29, 1.82) is 0 Å². The van der Waals surface area contributed by atoms with Crippen molar-refractivity contribution in [3.05, 3.63) is 0 Å². The molecule has 3 aliphatic heterocycles. The second kappa shape index (κ2) is 9.94. The molecule has 3 saturated heterocycles. The fourth-order valence-electron chi connectivity index (χ4n) is 4.12. The van der Waals surface area contributed by atoms with Gasteiger partial charge in [-0.3, -0.25) is 9.79 Å². The van der Waals surface area contributed by atoms with Gasteiger partial charge in [0.25, 0.3) is 0 Å². The molecule has 2 bridgehead atoms. The molecule has 3 rings (SSSR count). The Morgan fingerprint density at radius 2 is 2.16 bits per heavy atom. The first-order valence-electron chi connectivity index (χ1n) is 9.63. The maximum atomic E-state index is 12.3. The quantitative estimate of drug-likeness (QED) is 0.372. The molecule has 144 valence electrons. The molecule has 1 amide bonds. The molecule has 0 radical (unpaired) electrons. The van der Waals surface area contributed by atoms with E-state index in [1.54, 1.807) is 0 Å². The van der Waals surface area contributed by atoms with E-state index in [2.05, 4.69) is 29.5 Å². The number of amides is 1. The molecule has 0 aromatic heterocycles. The number of carbonyl (C=O) groups is 1. The number of rotatable bonds is 5. The van der Waals surface area contributed by atoms with E-state index in [4.69, 9.17) is 4.74 Å². The highest BCUT2D eigenvalue weighted by Gasteiger charge is 2.41. The highest BCUT2D eigenvalue weighted by Crippen LogP contribution is 2.34. The highest BCUT2D eigenvalue weighted by atomic mass is 127. The monoisotopic (exact) mass is 464 g/mol. The number of ether oxygens (including phenoxy) is 1. The second-order valence-corrected chi connectivity index (χ2v) is 7.46. The molecule has 3 aliphatic rings. The number of guanidine groups is 1. The van der Waals surface area contributed by atoms with Crippen LogP contribution in [0.4, 0.5) is 0 Å². The Morgan fingerprint density at radius 1 is 1.32 bits per heavy atom. The van der Waals surface area contributed by atoms with Gasteiger partial charge in [0.05, 0.1) is 24.8 Å². The number of aliphatic imine (C=N–C) groups is 1. The van der Waals surface area contributed by atoms with Crippen LogP contribution < -0.4 is 10.6 Å². The van der Waals surface area contributed by atoms with E-state index in [1.165, 1.54) is 12.8 Å². The Hall–Kier alpha value is -0.570. The predicted octanol–water partition coefficient (Wildman–Crippen LogP) is 2.13. The maximum Gasteiger partial charge on any atom is 0.224 e. The van der Waals surface area contributed by atoms with Gasteiger partial charge in [-0.15, -0.1) is 24.0 Å². The van der Waals surface area contributed by atoms with Crippen LogP contribution in [0.15, 0.2) is 4.99 Å². The van der Waals surface area contributed by atoms with Crippen molar-refractivity contribution < 1.29 is 9.53 Å². The number of nitrogens with zero attached hydrogens (tertiary/aromatic N) is 2. The topological polar surface area (TPSA) is 66.0 Å². The van der Waals surface area contributed by atoms with Crippen LogP contribution in [0.25, 0.3) is 0 Å². The van der Waals surface area contributed by atoms with Gasteiger partial charge >= 0.3 is 0 Å². The van der Waals surface area contributed by atoms with Gasteiger partial charge < -0.3 is 20.3 Å². The van der Waals surface area contributed by atoms with Crippen LogP contribution in [0.2, 0.25) is 0 Å². The van der Waals surface area contributed by atoms with Crippen molar-refractivity contribution in [3.8, 4) is 0 Å². The van der Waals surface area contributed by atoms with Crippen LogP contribution >= 0.6 is 24.0 Å². The largest absolute Gasteiger partial charge is 0.373 e. The van der Waals surface area contributed by atoms with Crippen molar-refractivity contribution in [2.45, 2.75) is 70.6 Å². The molecule has 0 aliphatic carbocycles. The molecule has 2 N–H and O–H groups in total. The molecule has 25 heavy (non-hydrogen) atoms. The third-order valence-corrected chi connectivity index (χ3v) is 5.38. The zero-order chi connectivity index (χ0) is 16.9. The van der Waals surface area contributed by atoms with E-state index in [-0.39, 0.29) is 29.9 Å². The zero-order valence-corrected chi connectivity index (χ0v) is 17.8. The predicted molar refractivity (Wildman–Crippen MR) is 110 cm³/mol. The van der Waals surface area contributed by atoms with Crippen molar-refractivity contribution in [2.75, 3.05) is 26.2 Å². The number of fused-ring (bicyclic) bond motifs is 2. The Morgan fingerprint density at radius 3 is 2.80 bits per heavy atom. The molecule has 0 aromatic rings. The van der Waals surface area contributed by atoms with Gasteiger partial charge in [-0.05, 0) is 44.9 Å². The summed E-state index contributed by atoms with van der Waals surface area (Å²) >= 11 is 0. The Bertz CT molecular complexity index is 474. The highest BCUT2D eigenvalue weighted by molar-refractivity contribution is 14.0. The third-order valence-electron chi connectivity index (χ3n) is 5.38. The van der Waals surface area contributed by atoms with E-state index in [9.17, 15) is 4.79 Å². The van der Waals surface area contributed by atoms with Gasteiger partial charge in [-0.2, -0.15) is 0 Å². The summed E-state index contributed by atoms with van der Waals surface area (Å²) < 4.78 is 5.89. The number of likely N-dealkylation sites (tertiary alicyclic amines) is 1. The molecule has 4 unspecified atom stereocenters. The summed E-state index contributed by atoms with van der Waals surface area (Å²) in [6.07, 6.45) is 7.03. The number of carbonyl (C=O) groups excluding carboxylic acids is 1. The number of hydrogen-bond acceptors (Lipinski definition) is 3. The molecule has 7 heteroatoms. The number of hydrogen-bond donors (Lipinski definition) is 2.